The van der Waals surface area contributed by atoms with Gasteiger partial charge in [0.25, 0.3) is 0 Å². The molecule has 0 saturated heterocycles. The fourth-order valence-corrected chi connectivity index (χ4v) is 13.8. The lowest BCUT2D eigenvalue weighted by Crippen LogP contribution is -2.27. The zero-order valence-corrected chi connectivity index (χ0v) is 71.8. The van der Waals surface area contributed by atoms with E-state index >= 15 is 0 Å². The summed E-state index contributed by atoms with van der Waals surface area (Å²) in [5.74, 6) is 1.20. The lowest BCUT2D eigenvalue weighted by Gasteiger charge is -2.15. The number of thiocarbonyl (C=S) groups is 1. The number of aryl methyl sites for hydroxylation is 2. The number of pyridine rings is 5. The quantitative estimate of drug-likeness (QED) is 0.0198. The maximum absolute atomic E-state index is 11.7. The van der Waals surface area contributed by atoms with Crippen molar-refractivity contribution in [3.63, 3.8) is 0 Å². The number of ketones is 1. The maximum Gasteiger partial charge on any atom is 0.343 e. The SMILES string of the molecule is CC(C)(C)C(=O)OCC(N)=S.CC(C)(C)C(=O)OCc1nc(-c2cccnc2)cs1.COC(=O)COc1ccc(O)cc1C.COC(=O)COc1ccc(OCc2nc(-c3cccnc3)c(Br)s2)cc1C.ClCc1nc(-c2cccnc2)c(Br)s1.O=C(CBr)c1cccnc1.OCc1nc(-c2cccnc2)c(Br)s1. The first-order valence-electron chi connectivity index (χ1n) is 32.2. The second-order valence-electron chi connectivity index (χ2n) is 23.9. The van der Waals surface area contributed by atoms with Gasteiger partial charge in [-0.2, -0.15) is 0 Å². The molecule has 0 aliphatic carbocycles. The van der Waals surface area contributed by atoms with Crippen LogP contribution in [0.1, 0.15) is 83.1 Å². The van der Waals surface area contributed by atoms with Crippen molar-refractivity contribution in [1.29, 1.82) is 0 Å². The van der Waals surface area contributed by atoms with Gasteiger partial charge in [0.1, 0.15) is 67.8 Å². The van der Waals surface area contributed by atoms with E-state index in [1.807, 2.05) is 87.7 Å². The first kappa shape index (κ1) is 91.1. The number of thiazole rings is 4. The zero-order valence-electron chi connectivity index (χ0n) is 60.6. The molecule has 0 radical (unpaired) electrons. The van der Waals surface area contributed by atoms with Crippen molar-refractivity contribution in [3.05, 3.63) is 212 Å². The van der Waals surface area contributed by atoms with Gasteiger partial charge >= 0.3 is 23.9 Å². The van der Waals surface area contributed by atoms with Gasteiger partial charge in [0.15, 0.2) is 19.0 Å². The molecule has 0 unspecified atom stereocenters. The topological polar surface area (TPSA) is 332 Å². The van der Waals surface area contributed by atoms with Crippen LogP contribution < -0.4 is 19.9 Å². The van der Waals surface area contributed by atoms with E-state index in [4.69, 9.17) is 51.2 Å². The Balaban J connectivity index is 0.000000234. The largest absolute Gasteiger partial charge is 0.508 e. The van der Waals surface area contributed by atoms with Crippen LogP contribution in [-0.4, -0.2) is 129 Å². The van der Waals surface area contributed by atoms with Crippen LogP contribution in [-0.2, 0) is 63.8 Å². The summed E-state index contributed by atoms with van der Waals surface area (Å²) in [4.78, 5) is 93.5. The van der Waals surface area contributed by atoms with Crippen LogP contribution in [0.2, 0.25) is 0 Å². The lowest BCUT2D eigenvalue weighted by atomic mass is 9.97. The summed E-state index contributed by atoms with van der Waals surface area (Å²) in [7, 11) is 2.63. The number of aliphatic hydroxyl groups excluding tert-OH is 1. The number of ether oxygens (including phenoxy) is 7. The van der Waals surface area contributed by atoms with E-state index in [2.05, 4.69) is 130 Å². The van der Waals surface area contributed by atoms with Crippen LogP contribution in [0.25, 0.3) is 45.0 Å². The van der Waals surface area contributed by atoms with Gasteiger partial charge in [-0.1, -0.05) is 28.1 Å². The third kappa shape index (κ3) is 32.9. The Labute approximate surface area is 691 Å². The average molecular weight is 1860 g/mol. The number of benzene rings is 2. The van der Waals surface area contributed by atoms with E-state index in [1.165, 1.54) is 54.3 Å². The van der Waals surface area contributed by atoms with E-state index in [-0.39, 0.29) is 61.5 Å². The van der Waals surface area contributed by atoms with E-state index in [9.17, 15) is 24.0 Å². The number of nitrogens with two attached hydrogens (primary N) is 1. The van der Waals surface area contributed by atoms with Gasteiger partial charge in [-0.15, -0.1) is 56.9 Å². The van der Waals surface area contributed by atoms with Crippen molar-refractivity contribution in [1.82, 2.24) is 44.9 Å². The monoisotopic (exact) mass is 1850 g/mol. The Kier molecular flexibility index (Phi) is 39.8. The van der Waals surface area contributed by atoms with E-state index in [0.29, 0.717) is 45.6 Å². The highest BCUT2D eigenvalue weighted by Crippen LogP contribution is 2.36. The number of aliphatic hydroxyl groups is 1. The van der Waals surface area contributed by atoms with Gasteiger partial charge in [0, 0.05) is 95.2 Å². The molecular formula is C75H77Br4ClN10O14S5. The molecule has 0 saturated carbocycles. The molecule has 2 aromatic carbocycles. The molecule has 576 valence electrons. The third-order valence-corrected chi connectivity index (χ3v) is 20.2. The number of nitrogens with zero attached hydrogens (tertiary/aromatic N) is 9. The number of halogens is 5. The van der Waals surface area contributed by atoms with Crippen LogP contribution in [0.4, 0.5) is 0 Å². The lowest BCUT2D eigenvalue weighted by molar-refractivity contribution is -0.154. The van der Waals surface area contributed by atoms with Crippen LogP contribution in [0.15, 0.2) is 176 Å². The number of carbonyl (C=O) groups is 5. The normalized spacial score (nSPS) is 10.4. The number of Topliss-reactive ketones (excluding diaryl/α,β-unsaturated/α-hetero) is 1. The van der Waals surface area contributed by atoms with Gasteiger partial charge in [-0.3, -0.25) is 39.3 Å². The Morgan fingerprint density at radius 1 is 0.541 bits per heavy atom. The molecule has 34 heteroatoms. The number of carbonyl (C=O) groups excluding carboxylic acids is 5. The smallest absolute Gasteiger partial charge is 0.343 e. The first-order chi connectivity index (χ1) is 52.0. The van der Waals surface area contributed by atoms with Crippen molar-refractivity contribution in [2.45, 2.75) is 81.1 Å². The molecule has 0 fully saturated rings. The summed E-state index contributed by atoms with van der Waals surface area (Å²) in [6.07, 6.45) is 17.2. The Morgan fingerprint density at radius 3 is 1.39 bits per heavy atom. The van der Waals surface area contributed by atoms with E-state index in [0.717, 1.165) is 82.5 Å². The zero-order chi connectivity index (χ0) is 80.1. The molecular weight excluding hydrogens is 1780 g/mol. The summed E-state index contributed by atoms with van der Waals surface area (Å²) in [5.41, 5.74) is 13.8. The number of aromatic nitrogens is 9. The fraction of sp³-hybridized carbons (Fsp3) is 0.267. The summed E-state index contributed by atoms with van der Waals surface area (Å²) >= 11 is 29.8. The molecule has 11 rings (SSSR count). The molecule has 0 aliphatic rings. The van der Waals surface area contributed by atoms with Crippen molar-refractivity contribution in [3.8, 4) is 68.0 Å². The molecule has 0 amide bonds. The van der Waals surface area contributed by atoms with Gasteiger partial charge in [-0.05, 0) is 211 Å². The molecule has 109 heavy (non-hydrogen) atoms. The fourth-order valence-electron chi connectivity index (χ4n) is 7.79. The van der Waals surface area contributed by atoms with E-state index in [1.54, 1.807) is 137 Å². The predicted molar refractivity (Wildman–Crippen MR) is 442 cm³/mol. The van der Waals surface area contributed by atoms with Crippen LogP contribution in [0, 0.1) is 24.7 Å². The summed E-state index contributed by atoms with van der Waals surface area (Å²) in [5, 5.41) is 23.6. The van der Waals surface area contributed by atoms with Crippen LogP contribution >= 0.6 is 133 Å². The van der Waals surface area contributed by atoms with Crippen LogP contribution in [0.3, 0.4) is 0 Å². The number of aromatic hydroxyl groups is 1. The number of alkyl halides is 2. The number of phenols is 1. The number of phenolic OH excluding ortho intramolecular Hbond substituents is 1. The molecule has 0 spiro atoms. The van der Waals surface area contributed by atoms with Crippen molar-refractivity contribution < 1.29 is 67.3 Å². The summed E-state index contributed by atoms with van der Waals surface area (Å²) in [6, 6.07) is 28.9. The number of hydrogen-bond acceptors (Lipinski definition) is 28. The highest BCUT2D eigenvalue weighted by Gasteiger charge is 2.25. The second-order valence-corrected chi connectivity index (χ2v) is 33.4. The predicted octanol–water partition coefficient (Wildman–Crippen LogP) is 17.6. The molecule has 9 aromatic heterocycles. The number of methoxy groups -OCH3 is 2. The van der Waals surface area contributed by atoms with Crippen molar-refractivity contribution in [2.75, 3.05) is 39.4 Å². The second kappa shape index (κ2) is 47.6. The highest BCUT2D eigenvalue weighted by atomic mass is 79.9. The Bertz CT molecular complexity index is 4580. The molecule has 0 aliphatic heterocycles. The minimum absolute atomic E-state index is 0.0243. The van der Waals surface area contributed by atoms with Gasteiger partial charge < -0.3 is 49.1 Å². The molecule has 11 aromatic rings. The average Bonchev–Trinajstić information content (AvgIpc) is 1.65. The van der Waals surface area contributed by atoms with Crippen LogP contribution in [0.5, 0.6) is 23.0 Å². The van der Waals surface area contributed by atoms with Crippen molar-refractivity contribution >= 4 is 168 Å². The van der Waals surface area contributed by atoms with Gasteiger partial charge in [0.2, 0.25) is 0 Å². The number of rotatable bonds is 21. The Hall–Kier alpha value is -8.48. The minimum atomic E-state index is -0.483. The number of esters is 4. The molecule has 4 N–H and O–H groups in total. The molecule has 9 heterocycles. The van der Waals surface area contributed by atoms with Crippen molar-refractivity contribution in [2.24, 2.45) is 16.6 Å². The van der Waals surface area contributed by atoms with Gasteiger partial charge in [-0.25, -0.2) is 29.5 Å². The third-order valence-electron chi connectivity index (χ3n) is 13.3. The maximum atomic E-state index is 11.7. The number of hydrogen-bond donors (Lipinski definition) is 3. The Morgan fingerprint density at radius 2 is 0.982 bits per heavy atom. The first-order valence-corrected chi connectivity index (χ1v) is 40.0. The molecule has 24 nitrogen and oxygen atoms in total. The summed E-state index contributed by atoms with van der Waals surface area (Å²) in [6.45, 7) is 14.8. The molecule has 0 atom stereocenters. The minimum Gasteiger partial charge on any atom is -0.508 e. The molecule has 0 bridgehead atoms. The van der Waals surface area contributed by atoms with Gasteiger partial charge in [0.05, 0.1) is 77.0 Å². The standard InChI is InChI=1S/C19H17BrN2O4S.C14H16N2O2S.C10H12O4.C9H6BrClN2S.C9H7BrN2OS.C7H6BrNO.C7H13NO2S/c1-12-8-14(5-6-15(12)26-11-17(23)24-2)25-10-16-22-18(19(20)27-16)13-4-3-7-21-9-13;1-14(2,3)13(17)18-8-12-16-11(9-19-12)10-5-4-6-15-7-10;1-7-5-8(11)3-4-9(7)14-6-10(12)13-2;10-9-8(13-7(4-11)14-9)6-2-1-3-12-5-6;10-9-8(12-7(5-13)14-9)6-2-1-3-11-4-6;8-4-7(10)6-2-1-3-9-5-6;1-7(2,3)6(9)10-4-5(8)11/h3-9H,10-11H2,1-2H3;4-7,9H,8H2,1-3H3;3-5,11H,6H2,1-2H3;1-3,5H,4H2;1-4,13H,5H2;1-3,5H,4H2;4H2,1-3H3,(H2,8,11). The van der Waals surface area contributed by atoms with E-state index < -0.39 is 22.8 Å². The summed E-state index contributed by atoms with van der Waals surface area (Å²) < 4.78 is 38.3. The highest BCUT2D eigenvalue weighted by molar-refractivity contribution is 9.11.